The first-order chi connectivity index (χ1) is 15.0. The van der Waals surface area contributed by atoms with E-state index in [1.54, 1.807) is 0 Å². The van der Waals surface area contributed by atoms with Crippen molar-refractivity contribution in [2.45, 2.75) is 52.6 Å². The van der Waals surface area contributed by atoms with Gasteiger partial charge in [-0.2, -0.15) is 11.8 Å². The normalized spacial score (nSPS) is 16.5. The third-order valence-corrected chi connectivity index (χ3v) is 6.02. The molecule has 1 fully saturated rings. The first-order valence-electron chi connectivity index (χ1n) is 10.9. The molecule has 2 atom stereocenters. The smallest absolute Gasteiger partial charge is 0.249 e. The lowest BCUT2D eigenvalue weighted by atomic mass is 10.0. The molecule has 1 aliphatic heterocycles. The van der Waals surface area contributed by atoms with Gasteiger partial charge in [-0.3, -0.25) is 4.79 Å². The van der Waals surface area contributed by atoms with Crippen LogP contribution in [0.15, 0.2) is 54.6 Å². The van der Waals surface area contributed by atoms with E-state index in [0.29, 0.717) is 11.6 Å². The number of benzene rings is 2. The van der Waals surface area contributed by atoms with Crippen molar-refractivity contribution in [3.05, 3.63) is 70.2 Å². The summed E-state index contributed by atoms with van der Waals surface area (Å²) < 4.78 is 5.48. The summed E-state index contributed by atoms with van der Waals surface area (Å²) in [7, 11) is 0. The highest BCUT2D eigenvalue weighted by atomic mass is 35.5. The molecule has 0 N–H and O–H groups in total. The second kappa shape index (κ2) is 16.4. The predicted octanol–water partition coefficient (Wildman–Crippen LogP) is 7.53. The minimum Gasteiger partial charge on any atom is -0.369 e. The van der Waals surface area contributed by atoms with Gasteiger partial charge in [-0.25, -0.2) is 0 Å². The standard InChI is InChI=1S/C16H22ClNO2S.C6H5Cl.C3H8/c1-3-14(11-21-4-2)18-15(9-20-10-16(18)19)12-5-7-13(17)8-6-12;7-6-4-2-1-3-5-6;1-3-2/h5-8,14-15H,3-4,9-11H2,1-2H3;1-5H;3H2,1-2H3. The van der Waals surface area contributed by atoms with Crippen molar-refractivity contribution < 1.29 is 9.53 Å². The molecule has 1 saturated heterocycles. The van der Waals surface area contributed by atoms with E-state index in [2.05, 4.69) is 27.7 Å². The van der Waals surface area contributed by atoms with Crippen LogP contribution in [0.25, 0.3) is 0 Å². The lowest BCUT2D eigenvalue weighted by Gasteiger charge is -2.41. The second-order valence-corrected chi connectivity index (χ2v) is 9.30. The van der Waals surface area contributed by atoms with E-state index >= 15 is 0 Å². The second-order valence-electron chi connectivity index (χ2n) is 7.11. The van der Waals surface area contributed by atoms with Gasteiger partial charge in [0.1, 0.15) is 6.61 Å². The number of carbonyl (C=O) groups is 1. The molecule has 6 heteroatoms. The fourth-order valence-corrected chi connectivity index (χ4v) is 4.23. The average molecular weight is 485 g/mol. The van der Waals surface area contributed by atoms with Crippen LogP contribution in [0.5, 0.6) is 0 Å². The van der Waals surface area contributed by atoms with Crippen molar-refractivity contribution >= 4 is 40.9 Å². The number of amides is 1. The molecular weight excluding hydrogens is 449 g/mol. The van der Waals surface area contributed by atoms with E-state index in [1.807, 2.05) is 71.3 Å². The Bertz CT molecular complexity index is 728. The number of morpholine rings is 1. The molecule has 1 aliphatic rings. The summed E-state index contributed by atoms with van der Waals surface area (Å²) in [4.78, 5) is 14.4. The lowest BCUT2D eigenvalue weighted by molar-refractivity contribution is -0.151. The third-order valence-electron chi connectivity index (χ3n) is 4.49. The Morgan fingerprint density at radius 2 is 1.58 bits per heavy atom. The maximum absolute atomic E-state index is 12.4. The first kappa shape index (κ1) is 27.8. The van der Waals surface area contributed by atoms with Crippen molar-refractivity contribution in [2.75, 3.05) is 24.7 Å². The molecule has 0 spiro atoms. The molecule has 1 amide bonds. The molecule has 2 aromatic carbocycles. The number of carbonyl (C=O) groups excluding carboxylic acids is 1. The summed E-state index contributed by atoms with van der Waals surface area (Å²) in [6.45, 7) is 9.29. The summed E-state index contributed by atoms with van der Waals surface area (Å²) in [6, 6.07) is 17.4. The van der Waals surface area contributed by atoms with Crippen molar-refractivity contribution in [1.29, 1.82) is 0 Å². The molecule has 3 nitrogen and oxygen atoms in total. The molecule has 0 aromatic heterocycles. The van der Waals surface area contributed by atoms with Crippen LogP contribution in [0.2, 0.25) is 10.0 Å². The zero-order chi connectivity index (χ0) is 23.1. The molecule has 2 unspecified atom stereocenters. The van der Waals surface area contributed by atoms with Crippen LogP contribution < -0.4 is 0 Å². The van der Waals surface area contributed by atoms with Gasteiger partial charge in [0.25, 0.3) is 0 Å². The molecule has 172 valence electrons. The number of halogens is 2. The summed E-state index contributed by atoms with van der Waals surface area (Å²) in [5, 5.41) is 1.50. The minimum absolute atomic E-state index is 0.00840. The lowest BCUT2D eigenvalue weighted by Crippen LogP contribution is -2.50. The van der Waals surface area contributed by atoms with Gasteiger partial charge in [-0.15, -0.1) is 0 Å². The topological polar surface area (TPSA) is 29.5 Å². The van der Waals surface area contributed by atoms with E-state index in [9.17, 15) is 4.79 Å². The van der Waals surface area contributed by atoms with Gasteiger partial charge in [0.05, 0.1) is 12.6 Å². The van der Waals surface area contributed by atoms with Gasteiger partial charge in [0.15, 0.2) is 0 Å². The van der Waals surface area contributed by atoms with Crippen LogP contribution in [0.1, 0.15) is 52.1 Å². The Morgan fingerprint density at radius 3 is 2.06 bits per heavy atom. The van der Waals surface area contributed by atoms with Crippen molar-refractivity contribution in [3.63, 3.8) is 0 Å². The summed E-state index contributed by atoms with van der Waals surface area (Å²) in [6.07, 6.45) is 2.21. The molecule has 0 aliphatic carbocycles. The fraction of sp³-hybridized carbons (Fsp3) is 0.480. The molecule has 0 bridgehead atoms. The summed E-state index contributed by atoms with van der Waals surface area (Å²) in [5.41, 5.74) is 1.09. The highest BCUT2D eigenvalue weighted by Gasteiger charge is 2.34. The van der Waals surface area contributed by atoms with Gasteiger partial charge >= 0.3 is 0 Å². The fourth-order valence-electron chi connectivity index (χ4n) is 3.05. The van der Waals surface area contributed by atoms with Crippen molar-refractivity contribution in [3.8, 4) is 0 Å². The Morgan fingerprint density at radius 1 is 1.00 bits per heavy atom. The number of thioether (sulfide) groups is 1. The van der Waals surface area contributed by atoms with E-state index in [4.69, 9.17) is 27.9 Å². The molecule has 31 heavy (non-hydrogen) atoms. The first-order valence-corrected chi connectivity index (χ1v) is 12.8. The van der Waals surface area contributed by atoms with Gasteiger partial charge in [0.2, 0.25) is 5.91 Å². The van der Waals surface area contributed by atoms with Crippen LogP contribution in [0.4, 0.5) is 0 Å². The predicted molar refractivity (Wildman–Crippen MR) is 136 cm³/mol. The Hall–Kier alpha value is -1.20. The highest BCUT2D eigenvalue weighted by molar-refractivity contribution is 7.99. The number of rotatable bonds is 6. The van der Waals surface area contributed by atoms with Crippen LogP contribution in [-0.2, 0) is 9.53 Å². The third kappa shape index (κ3) is 10.3. The van der Waals surface area contributed by atoms with Crippen LogP contribution in [0.3, 0.4) is 0 Å². The number of nitrogens with zero attached hydrogens (tertiary/aromatic N) is 1. The van der Waals surface area contributed by atoms with Gasteiger partial charge in [0, 0.05) is 21.8 Å². The maximum atomic E-state index is 12.4. The SMILES string of the molecule is CCC.CCSCC(CC)N1C(=O)COCC1c1ccc(Cl)cc1.Clc1ccccc1. The van der Waals surface area contributed by atoms with Crippen LogP contribution >= 0.6 is 35.0 Å². The Kier molecular flexibility index (Phi) is 14.8. The average Bonchev–Trinajstić information content (AvgIpc) is 2.77. The number of ether oxygens (including phenoxy) is 1. The number of hydrogen-bond donors (Lipinski definition) is 0. The van der Waals surface area contributed by atoms with E-state index in [1.165, 1.54) is 6.42 Å². The minimum atomic E-state index is -0.00840. The van der Waals surface area contributed by atoms with E-state index in [-0.39, 0.29) is 24.6 Å². The molecule has 0 saturated carbocycles. The zero-order valence-corrected chi connectivity index (χ0v) is 21.3. The summed E-state index contributed by atoms with van der Waals surface area (Å²) >= 11 is 13.4. The van der Waals surface area contributed by atoms with Gasteiger partial charge in [-0.05, 0) is 42.0 Å². The van der Waals surface area contributed by atoms with E-state index < -0.39 is 0 Å². The summed E-state index contributed by atoms with van der Waals surface area (Å²) in [5.74, 6) is 2.13. The van der Waals surface area contributed by atoms with Gasteiger partial charge in [-0.1, -0.05) is 87.6 Å². The maximum Gasteiger partial charge on any atom is 0.249 e. The van der Waals surface area contributed by atoms with Crippen LogP contribution in [-0.4, -0.2) is 41.6 Å². The van der Waals surface area contributed by atoms with Crippen molar-refractivity contribution in [1.82, 2.24) is 4.90 Å². The van der Waals surface area contributed by atoms with Crippen LogP contribution in [0, 0.1) is 0 Å². The Balaban J connectivity index is 0.000000397. The molecule has 1 heterocycles. The number of hydrogen-bond acceptors (Lipinski definition) is 3. The molecule has 3 rings (SSSR count). The quantitative estimate of drug-likeness (QED) is 0.425. The molecule has 0 radical (unpaired) electrons. The molecular formula is C25H35Cl2NO2S. The van der Waals surface area contributed by atoms with Crippen molar-refractivity contribution in [2.24, 2.45) is 0 Å². The van der Waals surface area contributed by atoms with E-state index in [0.717, 1.165) is 28.5 Å². The molecule has 2 aromatic rings. The zero-order valence-electron chi connectivity index (χ0n) is 19.0. The highest BCUT2D eigenvalue weighted by Crippen LogP contribution is 2.30. The Labute approximate surface area is 202 Å². The van der Waals surface area contributed by atoms with Gasteiger partial charge < -0.3 is 9.64 Å². The largest absolute Gasteiger partial charge is 0.369 e. The monoisotopic (exact) mass is 483 g/mol.